The molecule has 0 unspecified atom stereocenters. The van der Waals surface area contributed by atoms with Crippen molar-refractivity contribution in [3.05, 3.63) is 11.6 Å². The van der Waals surface area contributed by atoms with Gasteiger partial charge in [-0.2, -0.15) is 0 Å². The van der Waals surface area contributed by atoms with Crippen LogP contribution >= 0.6 is 0 Å². The maximum absolute atomic E-state index is 5.20. The second-order valence-electron chi connectivity index (χ2n) is 4.34. The highest BCUT2D eigenvalue weighted by atomic mass is 16.5. The first-order valence-corrected chi connectivity index (χ1v) is 6.79. The molecule has 98 valence electrons. The fourth-order valence-electron chi connectivity index (χ4n) is 2.17. The lowest BCUT2D eigenvalue weighted by Crippen LogP contribution is -2.59. The Bertz CT molecular complexity index is 263. The van der Waals surface area contributed by atoms with Crippen molar-refractivity contribution in [1.82, 2.24) is 4.90 Å². The molecule has 3 nitrogen and oxygen atoms in total. The molecule has 0 amide bonds. The van der Waals surface area contributed by atoms with Crippen LogP contribution in [0, 0.1) is 5.92 Å². The Kier molecular flexibility index (Phi) is 6.45. The average molecular weight is 238 g/mol. The maximum Gasteiger partial charge on any atom is 0.0645 e. The molecular weight excluding hydrogens is 212 g/mol. The number of aliphatic imine (C=N–C) groups is 1. The number of allylic oxidation sites excluding steroid dienone is 1. The van der Waals surface area contributed by atoms with Gasteiger partial charge in [0.1, 0.15) is 0 Å². The summed E-state index contributed by atoms with van der Waals surface area (Å²) < 4.78 is 5.20. The number of rotatable bonds is 4. The molecule has 0 bridgehead atoms. The van der Waals surface area contributed by atoms with Crippen molar-refractivity contribution in [2.24, 2.45) is 10.9 Å². The van der Waals surface area contributed by atoms with Crippen molar-refractivity contribution in [3.63, 3.8) is 0 Å². The summed E-state index contributed by atoms with van der Waals surface area (Å²) in [6, 6.07) is 0.697. The minimum Gasteiger partial charge on any atom is -0.378 e. The summed E-state index contributed by atoms with van der Waals surface area (Å²) in [5.41, 5.74) is 1.41. The highest BCUT2D eigenvalue weighted by Crippen LogP contribution is 2.27. The number of likely N-dealkylation sites (tertiary alicyclic amines) is 1. The van der Waals surface area contributed by atoms with Gasteiger partial charge >= 0.3 is 0 Å². The third-order valence-electron chi connectivity index (χ3n) is 3.24. The molecule has 0 aromatic rings. The van der Waals surface area contributed by atoms with Crippen molar-refractivity contribution in [3.8, 4) is 0 Å². The normalized spacial score (nSPS) is 22.9. The summed E-state index contributed by atoms with van der Waals surface area (Å²) in [6.45, 7) is 10.4. The first-order chi connectivity index (χ1) is 8.35. The van der Waals surface area contributed by atoms with E-state index in [1.54, 1.807) is 0 Å². The molecule has 2 fully saturated rings. The van der Waals surface area contributed by atoms with Crippen LogP contribution in [0.25, 0.3) is 0 Å². The van der Waals surface area contributed by atoms with Crippen molar-refractivity contribution < 1.29 is 4.74 Å². The van der Waals surface area contributed by atoms with E-state index in [-0.39, 0.29) is 0 Å². The van der Waals surface area contributed by atoms with Crippen molar-refractivity contribution in [2.45, 2.75) is 33.2 Å². The fraction of sp³-hybridized carbons (Fsp3) is 0.786. The van der Waals surface area contributed by atoms with E-state index < -0.39 is 0 Å². The minimum absolute atomic E-state index is 0.697. The summed E-state index contributed by atoms with van der Waals surface area (Å²) in [7, 11) is 1.85. The molecule has 2 rings (SSSR count). The van der Waals surface area contributed by atoms with Gasteiger partial charge in [-0.3, -0.25) is 9.89 Å². The zero-order chi connectivity index (χ0) is 12.7. The van der Waals surface area contributed by atoms with E-state index in [2.05, 4.69) is 22.9 Å². The topological polar surface area (TPSA) is 24.8 Å². The molecule has 0 spiro atoms. The third kappa shape index (κ3) is 3.65. The summed E-state index contributed by atoms with van der Waals surface area (Å²) >= 11 is 0. The average Bonchev–Trinajstić information content (AvgIpc) is 2.23. The van der Waals surface area contributed by atoms with Gasteiger partial charge in [0.25, 0.3) is 0 Å². The summed E-state index contributed by atoms with van der Waals surface area (Å²) in [4.78, 5) is 6.64. The molecule has 2 saturated heterocycles. The van der Waals surface area contributed by atoms with Crippen LogP contribution in [0.1, 0.15) is 27.2 Å². The van der Waals surface area contributed by atoms with Gasteiger partial charge in [-0.25, -0.2) is 0 Å². The molecule has 17 heavy (non-hydrogen) atoms. The summed E-state index contributed by atoms with van der Waals surface area (Å²) in [5, 5.41) is 0. The smallest absolute Gasteiger partial charge is 0.0645 e. The van der Waals surface area contributed by atoms with Crippen LogP contribution in [0.2, 0.25) is 0 Å². The number of hydrogen-bond acceptors (Lipinski definition) is 3. The molecule has 2 aliphatic heterocycles. The standard InChI is InChI=1S/C12H20N2O.C2H6/c1-3-4-10(5-13-2)11-6-14(7-11)12-8-15-9-12;1-2/h4-5,11-12H,3,6-9H2,1-2H3;1-2H3/b10-4+,13-5?;. The van der Waals surface area contributed by atoms with Gasteiger partial charge in [-0.05, 0) is 12.0 Å². The molecule has 0 aromatic carbocycles. The zero-order valence-corrected chi connectivity index (χ0v) is 11.6. The number of hydrogen-bond donors (Lipinski definition) is 0. The molecule has 0 radical (unpaired) electrons. The summed E-state index contributed by atoms with van der Waals surface area (Å²) in [5.74, 6) is 0.703. The highest BCUT2D eigenvalue weighted by molar-refractivity contribution is 5.79. The van der Waals surface area contributed by atoms with E-state index in [1.165, 1.54) is 18.7 Å². The van der Waals surface area contributed by atoms with Gasteiger partial charge in [0.05, 0.1) is 19.3 Å². The maximum atomic E-state index is 5.20. The highest BCUT2D eigenvalue weighted by Gasteiger charge is 2.36. The van der Waals surface area contributed by atoms with E-state index in [0.717, 1.165) is 19.6 Å². The Balaban J connectivity index is 0.000000686. The predicted molar refractivity (Wildman–Crippen MR) is 73.8 cm³/mol. The van der Waals surface area contributed by atoms with E-state index in [0.29, 0.717) is 12.0 Å². The van der Waals surface area contributed by atoms with Gasteiger partial charge in [0.2, 0.25) is 0 Å². The minimum atomic E-state index is 0.697. The monoisotopic (exact) mass is 238 g/mol. The van der Waals surface area contributed by atoms with Crippen molar-refractivity contribution >= 4 is 6.21 Å². The fourth-order valence-corrected chi connectivity index (χ4v) is 2.17. The SMILES string of the molecule is CC.CC/C=C(\C=NC)C1CN(C2COC2)C1. The van der Waals surface area contributed by atoms with Crippen molar-refractivity contribution in [2.75, 3.05) is 33.4 Å². The second kappa shape index (κ2) is 7.62. The Hall–Kier alpha value is -0.670. The van der Waals surface area contributed by atoms with Gasteiger partial charge in [0, 0.05) is 32.3 Å². The molecule has 3 heteroatoms. The lowest BCUT2D eigenvalue weighted by Gasteiger charge is -2.47. The molecule has 0 aliphatic carbocycles. The van der Waals surface area contributed by atoms with Crippen LogP contribution < -0.4 is 0 Å². The van der Waals surface area contributed by atoms with Crippen LogP contribution in [0.5, 0.6) is 0 Å². The molecular formula is C14H26N2O. The lowest BCUT2D eigenvalue weighted by atomic mass is 9.89. The Morgan fingerprint density at radius 1 is 1.35 bits per heavy atom. The second-order valence-corrected chi connectivity index (χ2v) is 4.34. The molecule has 0 aromatic heterocycles. The van der Waals surface area contributed by atoms with Crippen molar-refractivity contribution in [1.29, 1.82) is 0 Å². The largest absolute Gasteiger partial charge is 0.378 e. The Morgan fingerprint density at radius 3 is 2.41 bits per heavy atom. The Labute approximate surface area is 106 Å². The zero-order valence-electron chi connectivity index (χ0n) is 11.6. The number of nitrogens with zero attached hydrogens (tertiary/aromatic N) is 2. The lowest BCUT2D eigenvalue weighted by molar-refractivity contribution is -0.0955. The molecule has 0 saturated carbocycles. The van der Waals surface area contributed by atoms with Crippen LogP contribution in [0.15, 0.2) is 16.6 Å². The molecule has 2 aliphatic rings. The predicted octanol–water partition coefficient (Wildman–Crippen LogP) is 2.38. The first kappa shape index (κ1) is 14.4. The van der Waals surface area contributed by atoms with Gasteiger partial charge < -0.3 is 4.74 Å². The van der Waals surface area contributed by atoms with E-state index >= 15 is 0 Å². The quantitative estimate of drug-likeness (QED) is 0.703. The number of ether oxygens (including phenoxy) is 1. The third-order valence-corrected chi connectivity index (χ3v) is 3.24. The van der Waals surface area contributed by atoms with Crippen LogP contribution in [0.4, 0.5) is 0 Å². The molecule has 0 atom stereocenters. The van der Waals surface area contributed by atoms with Gasteiger partial charge in [-0.15, -0.1) is 0 Å². The first-order valence-electron chi connectivity index (χ1n) is 6.79. The summed E-state index contributed by atoms with van der Waals surface area (Å²) in [6.07, 6.45) is 5.42. The molecule has 2 heterocycles. The van der Waals surface area contributed by atoms with E-state index in [4.69, 9.17) is 4.74 Å². The molecule has 0 N–H and O–H groups in total. The van der Waals surface area contributed by atoms with Crippen LogP contribution in [-0.4, -0.2) is 50.5 Å². The van der Waals surface area contributed by atoms with E-state index in [9.17, 15) is 0 Å². The van der Waals surface area contributed by atoms with Gasteiger partial charge in [0.15, 0.2) is 0 Å². The van der Waals surface area contributed by atoms with Crippen LogP contribution in [-0.2, 0) is 4.74 Å². The van der Waals surface area contributed by atoms with Crippen LogP contribution in [0.3, 0.4) is 0 Å². The van der Waals surface area contributed by atoms with E-state index in [1.807, 2.05) is 27.1 Å². The Morgan fingerprint density at radius 2 is 2.00 bits per heavy atom. The van der Waals surface area contributed by atoms with Gasteiger partial charge in [-0.1, -0.05) is 26.8 Å².